The van der Waals surface area contributed by atoms with E-state index >= 15 is 0 Å². The van der Waals surface area contributed by atoms with Crippen molar-refractivity contribution in [2.24, 2.45) is 0 Å². The highest BCUT2D eigenvalue weighted by molar-refractivity contribution is 7.98. The predicted octanol–water partition coefficient (Wildman–Crippen LogP) is 4.95. The van der Waals surface area contributed by atoms with Gasteiger partial charge in [-0.2, -0.15) is 5.26 Å². The van der Waals surface area contributed by atoms with Crippen LogP contribution in [-0.4, -0.2) is 12.2 Å². The standard InChI is InChI=1S/C17H12F3NOS/c1-23-16-3-2-15(13-7-17(19,20)8-14(13)16)22-12-5-10(9-21)4-11(18)6-12/h2-6H,7-8H2,1H3. The summed E-state index contributed by atoms with van der Waals surface area (Å²) in [5, 5.41) is 8.87. The molecule has 2 aromatic rings. The molecule has 0 bridgehead atoms. The number of hydrogen-bond donors (Lipinski definition) is 0. The van der Waals surface area contributed by atoms with Crippen LogP contribution in [0.3, 0.4) is 0 Å². The number of fused-ring (bicyclic) bond motifs is 1. The number of alkyl halides is 2. The van der Waals surface area contributed by atoms with Gasteiger partial charge in [-0.05, 0) is 36.1 Å². The lowest BCUT2D eigenvalue weighted by atomic mass is 10.1. The second kappa shape index (κ2) is 5.82. The van der Waals surface area contributed by atoms with Gasteiger partial charge in [0.1, 0.15) is 17.3 Å². The molecule has 2 aromatic carbocycles. The van der Waals surface area contributed by atoms with Crippen molar-refractivity contribution in [1.29, 1.82) is 5.26 Å². The fraction of sp³-hybridized carbons (Fsp3) is 0.235. The van der Waals surface area contributed by atoms with Crippen molar-refractivity contribution in [2.45, 2.75) is 23.7 Å². The van der Waals surface area contributed by atoms with Gasteiger partial charge in [0, 0.05) is 29.4 Å². The number of nitrogens with zero attached hydrogens (tertiary/aromatic N) is 1. The Morgan fingerprint density at radius 1 is 1.17 bits per heavy atom. The van der Waals surface area contributed by atoms with E-state index in [2.05, 4.69) is 0 Å². The van der Waals surface area contributed by atoms with Crippen LogP contribution in [0.25, 0.3) is 0 Å². The highest BCUT2D eigenvalue weighted by Crippen LogP contribution is 2.44. The molecule has 1 aliphatic rings. The molecule has 2 nitrogen and oxygen atoms in total. The molecular weight excluding hydrogens is 323 g/mol. The van der Waals surface area contributed by atoms with Crippen LogP contribution in [0.5, 0.6) is 11.5 Å². The number of thioether (sulfide) groups is 1. The van der Waals surface area contributed by atoms with Crippen LogP contribution in [0.2, 0.25) is 0 Å². The third-order valence-corrected chi connectivity index (χ3v) is 4.49. The first-order chi connectivity index (χ1) is 10.9. The molecule has 3 rings (SSSR count). The third kappa shape index (κ3) is 3.15. The van der Waals surface area contributed by atoms with Gasteiger partial charge in [0.05, 0.1) is 11.6 Å². The van der Waals surface area contributed by atoms with Gasteiger partial charge in [-0.1, -0.05) is 0 Å². The number of nitriles is 1. The molecule has 0 radical (unpaired) electrons. The van der Waals surface area contributed by atoms with Crippen molar-refractivity contribution in [3.05, 3.63) is 52.8 Å². The summed E-state index contributed by atoms with van der Waals surface area (Å²) in [4.78, 5) is 0.793. The lowest BCUT2D eigenvalue weighted by Crippen LogP contribution is -2.14. The van der Waals surface area contributed by atoms with Gasteiger partial charge >= 0.3 is 0 Å². The van der Waals surface area contributed by atoms with Crippen molar-refractivity contribution in [3.63, 3.8) is 0 Å². The maximum Gasteiger partial charge on any atom is 0.256 e. The van der Waals surface area contributed by atoms with Crippen LogP contribution in [0.1, 0.15) is 16.7 Å². The van der Waals surface area contributed by atoms with Gasteiger partial charge in [0.2, 0.25) is 0 Å². The molecule has 0 saturated heterocycles. The first kappa shape index (κ1) is 15.8. The van der Waals surface area contributed by atoms with E-state index in [1.54, 1.807) is 12.1 Å². The lowest BCUT2D eigenvalue weighted by Gasteiger charge is -2.13. The highest BCUT2D eigenvalue weighted by Gasteiger charge is 2.40. The zero-order chi connectivity index (χ0) is 16.6. The van der Waals surface area contributed by atoms with Crippen LogP contribution < -0.4 is 4.74 Å². The van der Waals surface area contributed by atoms with E-state index in [1.807, 2.05) is 12.3 Å². The Kier molecular flexibility index (Phi) is 3.99. The fourth-order valence-corrected chi connectivity index (χ4v) is 3.36. The van der Waals surface area contributed by atoms with Gasteiger partial charge in [0.15, 0.2) is 0 Å². The van der Waals surface area contributed by atoms with Gasteiger partial charge in [-0.15, -0.1) is 11.8 Å². The van der Waals surface area contributed by atoms with Crippen molar-refractivity contribution in [3.8, 4) is 17.6 Å². The van der Waals surface area contributed by atoms with E-state index in [4.69, 9.17) is 10.00 Å². The molecule has 0 N–H and O–H groups in total. The normalized spacial score (nSPS) is 15.1. The summed E-state index contributed by atoms with van der Waals surface area (Å²) in [5.41, 5.74) is 1.14. The summed E-state index contributed by atoms with van der Waals surface area (Å²) in [5.74, 6) is -3.01. The first-order valence-electron chi connectivity index (χ1n) is 6.87. The summed E-state index contributed by atoms with van der Waals surface area (Å²) in [6.45, 7) is 0. The molecule has 0 fully saturated rings. The van der Waals surface area contributed by atoms with E-state index in [-0.39, 0.29) is 23.5 Å². The fourth-order valence-electron chi connectivity index (χ4n) is 2.72. The van der Waals surface area contributed by atoms with Gasteiger partial charge in [-0.25, -0.2) is 13.2 Å². The number of hydrogen-bond acceptors (Lipinski definition) is 3. The molecule has 0 unspecified atom stereocenters. The molecule has 6 heteroatoms. The van der Waals surface area contributed by atoms with Crippen molar-refractivity contribution in [2.75, 3.05) is 6.26 Å². The topological polar surface area (TPSA) is 33.0 Å². The van der Waals surface area contributed by atoms with Crippen molar-refractivity contribution >= 4 is 11.8 Å². The van der Waals surface area contributed by atoms with Crippen molar-refractivity contribution in [1.82, 2.24) is 0 Å². The molecule has 0 amide bonds. The van der Waals surface area contributed by atoms with Crippen LogP contribution in [-0.2, 0) is 12.8 Å². The molecule has 23 heavy (non-hydrogen) atoms. The predicted molar refractivity (Wildman–Crippen MR) is 81.8 cm³/mol. The Hall–Kier alpha value is -2.13. The molecule has 0 aliphatic heterocycles. The Bertz CT molecular complexity index is 814. The molecular formula is C17H12F3NOS. The van der Waals surface area contributed by atoms with E-state index in [0.717, 1.165) is 17.0 Å². The summed E-state index contributed by atoms with van der Waals surface area (Å²) in [7, 11) is 0. The summed E-state index contributed by atoms with van der Waals surface area (Å²) in [6, 6.07) is 8.77. The Balaban J connectivity index is 2.01. The number of rotatable bonds is 3. The molecule has 0 atom stereocenters. The van der Waals surface area contributed by atoms with Crippen molar-refractivity contribution < 1.29 is 17.9 Å². The molecule has 0 spiro atoms. The number of ether oxygens (including phenoxy) is 1. The van der Waals surface area contributed by atoms with E-state index in [1.165, 1.54) is 17.8 Å². The van der Waals surface area contributed by atoms with Crippen LogP contribution >= 0.6 is 11.8 Å². The average molecular weight is 335 g/mol. The maximum absolute atomic E-state index is 13.8. The minimum atomic E-state index is -2.80. The number of benzene rings is 2. The Morgan fingerprint density at radius 3 is 2.61 bits per heavy atom. The minimum absolute atomic E-state index is 0.114. The van der Waals surface area contributed by atoms with Gasteiger partial charge in [0.25, 0.3) is 5.92 Å². The zero-order valence-corrected chi connectivity index (χ0v) is 13.0. The minimum Gasteiger partial charge on any atom is -0.457 e. The molecule has 118 valence electrons. The summed E-state index contributed by atoms with van der Waals surface area (Å²) in [6.07, 6.45) is 1.12. The number of halogens is 3. The first-order valence-corrected chi connectivity index (χ1v) is 8.09. The molecule has 1 aliphatic carbocycles. The highest BCUT2D eigenvalue weighted by atomic mass is 32.2. The Labute approximate surface area is 135 Å². The van der Waals surface area contributed by atoms with Crippen LogP contribution in [0.4, 0.5) is 13.2 Å². The zero-order valence-electron chi connectivity index (χ0n) is 12.2. The maximum atomic E-state index is 13.8. The lowest BCUT2D eigenvalue weighted by molar-refractivity contribution is 0.0125. The second-order valence-electron chi connectivity index (χ2n) is 5.32. The average Bonchev–Trinajstić information content (AvgIpc) is 2.82. The molecule has 0 heterocycles. The molecule has 0 saturated carbocycles. The largest absolute Gasteiger partial charge is 0.457 e. The smallest absolute Gasteiger partial charge is 0.256 e. The van der Waals surface area contributed by atoms with Crippen LogP contribution in [0.15, 0.2) is 35.2 Å². The summed E-state index contributed by atoms with van der Waals surface area (Å²) < 4.78 is 46.7. The van der Waals surface area contributed by atoms with E-state index in [9.17, 15) is 13.2 Å². The SMILES string of the molecule is CSc1ccc(Oc2cc(F)cc(C#N)c2)c2c1CC(F)(F)C2. The third-order valence-electron chi connectivity index (χ3n) is 3.66. The van der Waals surface area contributed by atoms with Gasteiger partial charge < -0.3 is 4.74 Å². The molecule has 0 aromatic heterocycles. The van der Waals surface area contributed by atoms with Crippen LogP contribution in [0, 0.1) is 17.1 Å². The quantitative estimate of drug-likeness (QED) is 0.745. The van der Waals surface area contributed by atoms with E-state index < -0.39 is 18.2 Å². The monoisotopic (exact) mass is 335 g/mol. The second-order valence-corrected chi connectivity index (χ2v) is 6.17. The van der Waals surface area contributed by atoms with Gasteiger partial charge in [-0.3, -0.25) is 0 Å². The summed E-state index contributed by atoms with van der Waals surface area (Å²) >= 11 is 1.41. The Morgan fingerprint density at radius 2 is 1.91 bits per heavy atom. The van der Waals surface area contributed by atoms with E-state index in [0.29, 0.717) is 11.1 Å².